The number of nitrogens with one attached hydrogen (secondary N) is 2. The minimum Gasteiger partial charge on any atom is -0.373 e. The predicted molar refractivity (Wildman–Crippen MR) is 79.5 cm³/mol. The Labute approximate surface area is 117 Å². The number of hydrogen-bond donors (Lipinski definition) is 2. The van der Waals surface area contributed by atoms with Gasteiger partial charge in [-0.25, -0.2) is 0 Å². The SMILES string of the molecule is CN=C(NCC1(C)CCCC1)NCC1(C)CCCO1. The largest absolute Gasteiger partial charge is 0.373 e. The quantitative estimate of drug-likeness (QED) is 0.607. The second kappa shape index (κ2) is 6.12. The van der Waals surface area contributed by atoms with Crippen molar-refractivity contribution in [1.29, 1.82) is 0 Å². The lowest BCUT2D eigenvalue weighted by atomic mass is 9.89. The monoisotopic (exact) mass is 267 g/mol. The molecule has 0 aromatic rings. The van der Waals surface area contributed by atoms with E-state index in [0.717, 1.165) is 32.1 Å². The van der Waals surface area contributed by atoms with Crippen molar-refractivity contribution >= 4 is 5.96 Å². The molecule has 1 aliphatic heterocycles. The van der Waals surface area contributed by atoms with Crippen molar-refractivity contribution < 1.29 is 4.74 Å². The van der Waals surface area contributed by atoms with E-state index < -0.39 is 0 Å². The standard InChI is InChI=1S/C15H29N3O/c1-14(7-4-5-8-14)11-17-13(16-3)18-12-15(2)9-6-10-19-15/h4-12H2,1-3H3,(H2,16,17,18). The molecule has 0 radical (unpaired) electrons. The summed E-state index contributed by atoms with van der Waals surface area (Å²) in [6.07, 6.45) is 7.71. The molecule has 0 aromatic heterocycles. The van der Waals surface area contributed by atoms with E-state index in [9.17, 15) is 0 Å². The summed E-state index contributed by atoms with van der Waals surface area (Å²) in [5, 5.41) is 6.88. The fraction of sp³-hybridized carbons (Fsp3) is 0.933. The molecule has 0 aromatic carbocycles. The Morgan fingerprint density at radius 2 is 1.74 bits per heavy atom. The van der Waals surface area contributed by atoms with Crippen LogP contribution in [0.5, 0.6) is 0 Å². The van der Waals surface area contributed by atoms with E-state index in [1.165, 1.54) is 32.1 Å². The van der Waals surface area contributed by atoms with Gasteiger partial charge in [0, 0.05) is 26.7 Å². The second-order valence-corrected chi connectivity index (χ2v) is 6.70. The summed E-state index contributed by atoms with van der Waals surface area (Å²) in [6, 6.07) is 0. The molecule has 2 fully saturated rings. The van der Waals surface area contributed by atoms with Gasteiger partial charge in [-0.3, -0.25) is 4.99 Å². The molecular weight excluding hydrogens is 238 g/mol. The highest BCUT2D eigenvalue weighted by Gasteiger charge is 2.31. The first-order chi connectivity index (χ1) is 9.05. The Kier molecular flexibility index (Phi) is 4.71. The lowest BCUT2D eigenvalue weighted by Gasteiger charge is -2.27. The number of aliphatic imine (C=N–C) groups is 1. The summed E-state index contributed by atoms with van der Waals surface area (Å²) < 4.78 is 5.79. The molecule has 0 spiro atoms. The molecule has 4 heteroatoms. The average molecular weight is 267 g/mol. The number of hydrogen-bond acceptors (Lipinski definition) is 2. The third-order valence-corrected chi connectivity index (χ3v) is 4.65. The van der Waals surface area contributed by atoms with E-state index in [0.29, 0.717) is 5.41 Å². The smallest absolute Gasteiger partial charge is 0.191 e. The molecule has 1 aliphatic carbocycles. The van der Waals surface area contributed by atoms with Gasteiger partial charge in [-0.1, -0.05) is 19.8 Å². The van der Waals surface area contributed by atoms with Crippen molar-refractivity contribution in [3.05, 3.63) is 0 Å². The van der Waals surface area contributed by atoms with Crippen LogP contribution in [0.4, 0.5) is 0 Å². The summed E-state index contributed by atoms with van der Waals surface area (Å²) in [7, 11) is 1.84. The van der Waals surface area contributed by atoms with Gasteiger partial charge in [0.2, 0.25) is 0 Å². The van der Waals surface area contributed by atoms with Crippen LogP contribution in [0.25, 0.3) is 0 Å². The van der Waals surface area contributed by atoms with Crippen molar-refractivity contribution in [3.63, 3.8) is 0 Å². The van der Waals surface area contributed by atoms with Gasteiger partial charge < -0.3 is 15.4 Å². The Morgan fingerprint density at radius 3 is 2.32 bits per heavy atom. The number of guanidine groups is 1. The Hall–Kier alpha value is -0.770. The summed E-state index contributed by atoms with van der Waals surface area (Å²) in [6.45, 7) is 7.30. The minimum absolute atomic E-state index is 0.0190. The molecule has 0 bridgehead atoms. The molecule has 1 unspecified atom stereocenters. The molecule has 1 heterocycles. The van der Waals surface area contributed by atoms with Crippen LogP contribution in [0, 0.1) is 5.41 Å². The number of nitrogens with zero attached hydrogens (tertiary/aromatic N) is 1. The van der Waals surface area contributed by atoms with Crippen LogP contribution in [0.15, 0.2) is 4.99 Å². The summed E-state index contributed by atoms with van der Waals surface area (Å²) in [5.74, 6) is 0.907. The first kappa shape index (κ1) is 14.6. The minimum atomic E-state index is -0.0190. The van der Waals surface area contributed by atoms with Gasteiger partial charge in [0.05, 0.1) is 5.60 Å². The van der Waals surface area contributed by atoms with Crippen molar-refractivity contribution in [2.24, 2.45) is 10.4 Å². The van der Waals surface area contributed by atoms with Gasteiger partial charge in [-0.15, -0.1) is 0 Å². The van der Waals surface area contributed by atoms with Crippen LogP contribution >= 0.6 is 0 Å². The molecule has 110 valence electrons. The van der Waals surface area contributed by atoms with Gasteiger partial charge >= 0.3 is 0 Å². The number of rotatable bonds is 4. The zero-order valence-electron chi connectivity index (χ0n) is 12.7. The fourth-order valence-electron chi connectivity index (χ4n) is 3.17. The molecule has 2 N–H and O–H groups in total. The van der Waals surface area contributed by atoms with Crippen molar-refractivity contribution in [3.8, 4) is 0 Å². The highest BCUT2D eigenvalue weighted by molar-refractivity contribution is 5.79. The van der Waals surface area contributed by atoms with Crippen LogP contribution in [0.2, 0.25) is 0 Å². The van der Waals surface area contributed by atoms with Gasteiger partial charge in [0.1, 0.15) is 0 Å². The van der Waals surface area contributed by atoms with E-state index in [2.05, 4.69) is 29.5 Å². The maximum Gasteiger partial charge on any atom is 0.191 e. The fourth-order valence-corrected chi connectivity index (χ4v) is 3.17. The third-order valence-electron chi connectivity index (χ3n) is 4.65. The van der Waals surface area contributed by atoms with Gasteiger partial charge in [-0.2, -0.15) is 0 Å². The normalized spacial score (nSPS) is 30.6. The molecule has 4 nitrogen and oxygen atoms in total. The van der Waals surface area contributed by atoms with Crippen LogP contribution in [0.1, 0.15) is 52.4 Å². The first-order valence-electron chi connectivity index (χ1n) is 7.64. The molecule has 0 amide bonds. The van der Waals surface area contributed by atoms with Crippen LogP contribution in [-0.4, -0.2) is 38.3 Å². The predicted octanol–water partition coefficient (Wildman–Crippen LogP) is 2.30. The summed E-state index contributed by atoms with van der Waals surface area (Å²) in [4.78, 5) is 4.31. The van der Waals surface area contributed by atoms with Crippen LogP contribution in [-0.2, 0) is 4.74 Å². The molecule has 2 aliphatic rings. The highest BCUT2D eigenvalue weighted by Crippen LogP contribution is 2.36. The summed E-state index contributed by atoms with van der Waals surface area (Å²) >= 11 is 0. The molecule has 19 heavy (non-hydrogen) atoms. The van der Waals surface area contributed by atoms with Gasteiger partial charge in [0.15, 0.2) is 5.96 Å². The Balaban J connectivity index is 1.74. The molecule has 1 saturated heterocycles. The van der Waals surface area contributed by atoms with Crippen molar-refractivity contribution in [2.45, 2.75) is 58.0 Å². The molecule has 2 rings (SSSR count). The topological polar surface area (TPSA) is 45.7 Å². The van der Waals surface area contributed by atoms with Crippen molar-refractivity contribution in [2.75, 3.05) is 26.7 Å². The van der Waals surface area contributed by atoms with Crippen LogP contribution in [0.3, 0.4) is 0 Å². The maximum atomic E-state index is 5.79. The summed E-state index contributed by atoms with van der Waals surface area (Å²) in [5.41, 5.74) is 0.431. The molecule has 1 atom stereocenters. The average Bonchev–Trinajstić information content (AvgIpc) is 3.00. The van der Waals surface area contributed by atoms with E-state index in [4.69, 9.17) is 4.74 Å². The lowest BCUT2D eigenvalue weighted by Crippen LogP contribution is -2.47. The van der Waals surface area contributed by atoms with E-state index in [1.807, 2.05) is 7.05 Å². The van der Waals surface area contributed by atoms with Crippen molar-refractivity contribution in [1.82, 2.24) is 10.6 Å². The lowest BCUT2D eigenvalue weighted by molar-refractivity contribution is 0.0242. The van der Waals surface area contributed by atoms with E-state index >= 15 is 0 Å². The van der Waals surface area contributed by atoms with E-state index in [-0.39, 0.29) is 5.60 Å². The maximum absolute atomic E-state index is 5.79. The van der Waals surface area contributed by atoms with Gasteiger partial charge in [-0.05, 0) is 38.0 Å². The molecule has 1 saturated carbocycles. The van der Waals surface area contributed by atoms with Gasteiger partial charge in [0.25, 0.3) is 0 Å². The second-order valence-electron chi connectivity index (χ2n) is 6.70. The first-order valence-corrected chi connectivity index (χ1v) is 7.64. The number of ether oxygens (including phenoxy) is 1. The van der Waals surface area contributed by atoms with Crippen LogP contribution < -0.4 is 10.6 Å². The van der Waals surface area contributed by atoms with E-state index in [1.54, 1.807) is 0 Å². The zero-order chi connectivity index (χ0) is 13.8. The Bertz CT molecular complexity index is 287. The zero-order valence-corrected chi connectivity index (χ0v) is 12.7. The molecular formula is C15H29N3O. The Morgan fingerprint density at radius 1 is 1.05 bits per heavy atom. The highest BCUT2D eigenvalue weighted by atomic mass is 16.5. The third kappa shape index (κ3) is 4.10.